The zero-order chi connectivity index (χ0) is 14.2. The van der Waals surface area contributed by atoms with Gasteiger partial charge in [0.05, 0.1) is 5.69 Å². The Morgan fingerprint density at radius 2 is 2.11 bits per heavy atom. The van der Waals surface area contributed by atoms with Crippen molar-refractivity contribution in [3.63, 3.8) is 0 Å². The highest BCUT2D eigenvalue weighted by molar-refractivity contribution is 5.99. The molecule has 2 rings (SSSR count). The van der Waals surface area contributed by atoms with Gasteiger partial charge in [-0.1, -0.05) is 19.9 Å². The second-order valence-electron chi connectivity index (χ2n) is 5.76. The molecule has 1 aliphatic heterocycles. The number of hydrogen-bond acceptors (Lipinski definition) is 3. The normalized spacial score (nSPS) is 19.1. The number of ether oxygens (including phenoxy) is 1. The molecule has 1 aromatic carbocycles. The van der Waals surface area contributed by atoms with Gasteiger partial charge in [0.1, 0.15) is 5.75 Å². The van der Waals surface area contributed by atoms with E-state index in [1.165, 1.54) is 5.56 Å². The predicted molar refractivity (Wildman–Crippen MR) is 76.6 cm³/mol. The van der Waals surface area contributed by atoms with Crippen LogP contribution in [0.5, 0.6) is 5.75 Å². The molecular weight excluding hydrogens is 240 g/mol. The van der Waals surface area contributed by atoms with E-state index in [1.807, 2.05) is 12.1 Å². The molecule has 4 nitrogen and oxygen atoms in total. The zero-order valence-corrected chi connectivity index (χ0v) is 12.1. The molecule has 0 fully saturated rings. The van der Waals surface area contributed by atoms with Crippen LogP contribution in [0.4, 0.5) is 5.69 Å². The van der Waals surface area contributed by atoms with E-state index >= 15 is 0 Å². The van der Waals surface area contributed by atoms with Crippen molar-refractivity contribution in [2.75, 3.05) is 18.5 Å². The highest BCUT2D eigenvalue weighted by Gasteiger charge is 2.30. The Hall–Kier alpha value is -1.55. The van der Waals surface area contributed by atoms with Crippen molar-refractivity contribution < 1.29 is 9.53 Å². The number of fused-ring (bicyclic) bond motifs is 1. The Labute approximate surface area is 114 Å². The number of benzene rings is 1. The van der Waals surface area contributed by atoms with Gasteiger partial charge in [0.25, 0.3) is 5.91 Å². The van der Waals surface area contributed by atoms with Crippen molar-refractivity contribution in [3.05, 3.63) is 23.8 Å². The minimum Gasteiger partial charge on any atom is -0.479 e. The maximum atomic E-state index is 11.9. The fourth-order valence-corrected chi connectivity index (χ4v) is 2.44. The van der Waals surface area contributed by atoms with Crippen molar-refractivity contribution in [3.8, 4) is 5.75 Å². The fourth-order valence-electron chi connectivity index (χ4n) is 2.44. The number of likely N-dealkylation sites (N-methyl/N-ethyl adjacent to an activating group) is 1. The summed E-state index contributed by atoms with van der Waals surface area (Å²) in [5.74, 6) is 0.763. The molecule has 2 N–H and O–H groups in total. The Kier molecular flexibility index (Phi) is 3.54. The number of amides is 1. The first-order chi connectivity index (χ1) is 8.86. The third-order valence-electron chi connectivity index (χ3n) is 3.85. The van der Waals surface area contributed by atoms with Crippen LogP contribution < -0.4 is 15.4 Å². The molecule has 4 heteroatoms. The van der Waals surface area contributed by atoms with E-state index in [0.29, 0.717) is 6.54 Å². The summed E-state index contributed by atoms with van der Waals surface area (Å²) in [6.45, 7) is 6.77. The van der Waals surface area contributed by atoms with Crippen LogP contribution >= 0.6 is 0 Å². The van der Waals surface area contributed by atoms with Crippen molar-refractivity contribution in [1.29, 1.82) is 0 Å². The van der Waals surface area contributed by atoms with Crippen molar-refractivity contribution in [1.82, 2.24) is 0 Å². The average molecular weight is 262 g/mol. The van der Waals surface area contributed by atoms with Crippen LogP contribution in [0.2, 0.25) is 0 Å². The number of anilines is 1. The summed E-state index contributed by atoms with van der Waals surface area (Å²) in [5, 5.41) is 0. The summed E-state index contributed by atoms with van der Waals surface area (Å²) in [5.41, 5.74) is 7.69. The van der Waals surface area contributed by atoms with Crippen LogP contribution in [0.25, 0.3) is 0 Å². The van der Waals surface area contributed by atoms with Crippen LogP contribution in [0.1, 0.15) is 32.8 Å². The number of carbonyl (C=O) groups is 1. The first-order valence-electron chi connectivity index (χ1n) is 6.65. The molecule has 0 aromatic heterocycles. The summed E-state index contributed by atoms with van der Waals surface area (Å²) in [7, 11) is 1.78. The molecule has 0 bridgehead atoms. The third kappa shape index (κ3) is 2.45. The molecule has 0 spiro atoms. The molecule has 0 aliphatic carbocycles. The Bertz CT molecular complexity index is 497. The minimum absolute atomic E-state index is 0.0103. The van der Waals surface area contributed by atoms with E-state index in [-0.39, 0.29) is 11.3 Å². The number of rotatable bonds is 3. The van der Waals surface area contributed by atoms with Gasteiger partial charge in [0, 0.05) is 7.05 Å². The smallest absolute Gasteiger partial charge is 0.267 e. The predicted octanol–water partition coefficient (Wildman–Crippen LogP) is 2.06. The van der Waals surface area contributed by atoms with Crippen LogP contribution in [0.15, 0.2) is 18.2 Å². The summed E-state index contributed by atoms with van der Waals surface area (Å²) in [4.78, 5) is 13.5. The van der Waals surface area contributed by atoms with E-state index in [9.17, 15) is 4.79 Å². The molecule has 1 heterocycles. The first kappa shape index (κ1) is 13.9. The number of carbonyl (C=O) groups excluding carboxylic acids is 1. The van der Waals surface area contributed by atoms with Gasteiger partial charge >= 0.3 is 0 Å². The largest absolute Gasteiger partial charge is 0.479 e. The number of hydrogen-bond donors (Lipinski definition) is 1. The lowest BCUT2D eigenvalue weighted by atomic mass is 9.81. The second-order valence-corrected chi connectivity index (χ2v) is 5.76. The van der Waals surface area contributed by atoms with E-state index < -0.39 is 6.10 Å². The Balaban J connectivity index is 2.40. The van der Waals surface area contributed by atoms with Gasteiger partial charge in [-0.05, 0) is 43.0 Å². The second kappa shape index (κ2) is 4.85. The molecule has 104 valence electrons. The Morgan fingerprint density at radius 3 is 2.74 bits per heavy atom. The summed E-state index contributed by atoms with van der Waals surface area (Å²) < 4.78 is 5.71. The number of nitrogens with zero attached hydrogens (tertiary/aromatic N) is 1. The lowest BCUT2D eigenvalue weighted by Gasteiger charge is -2.32. The first-order valence-corrected chi connectivity index (χ1v) is 6.65. The molecule has 1 aromatic rings. The van der Waals surface area contributed by atoms with Crippen LogP contribution in [0, 0.1) is 0 Å². The maximum Gasteiger partial charge on any atom is 0.267 e. The van der Waals surface area contributed by atoms with Gasteiger partial charge < -0.3 is 15.4 Å². The summed E-state index contributed by atoms with van der Waals surface area (Å²) in [6.07, 6.45) is 0.487. The molecule has 1 amide bonds. The SMILES string of the molecule is CC1Oc2cc(C(C)(C)CCN)ccc2N(C)C1=O. The van der Waals surface area contributed by atoms with E-state index in [4.69, 9.17) is 10.5 Å². The topological polar surface area (TPSA) is 55.6 Å². The molecule has 0 saturated carbocycles. The minimum atomic E-state index is -0.426. The van der Waals surface area contributed by atoms with Crippen LogP contribution in [0.3, 0.4) is 0 Å². The highest BCUT2D eigenvalue weighted by atomic mass is 16.5. The Morgan fingerprint density at radius 1 is 1.42 bits per heavy atom. The number of nitrogens with two attached hydrogens (primary N) is 1. The van der Waals surface area contributed by atoms with Crippen LogP contribution in [-0.2, 0) is 10.2 Å². The van der Waals surface area contributed by atoms with Gasteiger partial charge in [0.15, 0.2) is 6.10 Å². The average Bonchev–Trinajstić information content (AvgIpc) is 2.35. The molecule has 19 heavy (non-hydrogen) atoms. The standard InChI is InChI=1S/C15H22N2O2/c1-10-14(18)17(4)12-6-5-11(9-13(12)19-10)15(2,3)7-8-16/h5-6,9-10H,7-8,16H2,1-4H3. The zero-order valence-electron chi connectivity index (χ0n) is 12.1. The third-order valence-corrected chi connectivity index (χ3v) is 3.85. The van der Waals surface area contributed by atoms with Gasteiger partial charge in [-0.3, -0.25) is 4.79 Å². The van der Waals surface area contributed by atoms with Crippen molar-refractivity contribution in [2.24, 2.45) is 5.73 Å². The lowest BCUT2D eigenvalue weighted by Crippen LogP contribution is -2.42. The quantitative estimate of drug-likeness (QED) is 0.907. The van der Waals surface area contributed by atoms with Gasteiger partial charge in [-0.25, -0.2) is 0 Å². The molecule has 0 radical (unpaired) electrons. The monoisotopic (exact) mass is 262 g/mol. The van der Waals surface area contributed by atoms with Crippen molar-refractivity contribution in [2.45, 2.75) is 38.7 Å². The maximum absolute atomic E-state index is 11.9. The summed E-state index contributed by atoms with van der Waals surface area (Å²) >= 11 is 0. The fraction of sp³-hybridized carbons (Fsp3) is 0.533. The molecule has 1 aliphatic rings. The molecule has 1 unspecified atom stereocenters. The molecule has 1 atom stereocenters. The molecular formula is C15H22N2O2. The van der Waals surface area contributed by atoms with E-state index in [2.05, 4.69) is 19.9 Å². The lowest BCUT2D eigenvalue weighted by molar-refractivity contribution is -0.125. The van der Waals surface area contributed by atoms with Gasteiger partial charge in [-0.15, -0.1) is 0 Å². The van der Waals surface area contributed by atoms with Gasteiger partial charge in [-0.2, -0.15) is 0 Å². The van der Waals surface area contributed by atoms with E-state index in [1.54, 1.807) is 18.9 Å². The van der Waals surface area contributed by atoms with Gasteiger partial charge in [0.2, 0.25) is 0 Å². The highest BCUT2D eigenvalue weighted by Crippen LogP contribution is 2.37. The van der Waals surface area contributed by atoms with Crippen molar-refractivity contribution >= 4 is 11.6 Å². The molecule has 0 saturated heterocycles. The van der Waals surface area contributed by atoms with Crippen LogP contribution in [-0.4, -0.2) is 25.6 Å². The summed E-state index contributed by atoms with van der Waals surface area (Å²) in [6, 6.07) is 6.04. The van der Waals surface area contributed by atoms with E-state index in [0.717, 1.165) is 17.9 Å².